The molecule has 0 bridgehead atoms. The zero-order valence-electron chi connectivity index (χ0n) is 13.7. The predicted molar refractivity (Wildman–Crippen MR) is 94.6 cm³/mol. The molecule has 0 spiro atoms. The predicted octanol–water partition coefficient (Wildman–Crippen LogP) is 3.27. The standard InChI is InChI=1S/C18H22BrFN2O2/c1-3-8-22(11-13-10-14(19)4-5-16(13)20)17(23)6-7-21-18(24)15-9-12(15)2/h3-5,10,12,15H,1,6-9,11H2,2H3,(H,21,24). The van der Waals surface area contributed by atoms with E-state index in [1.54, 1.807) is 18.2 Å². The molecule has 2 unspecified atom stereocenters. The molecule has 1 aliphatic rings. The van der Waals surface area contributed by atoms with Crippen LogP contribution in [0.1, 0.15) is 25.3 Å². The number of benzene rings is 1. The molecular weight excluding hydrogens is 375 g/mol. The van der Waals surface area contributed by atoms with Crippen molar-refractivity contribution < 1.29 is 14.0 Å². The Bertz CT molecular complexity index is 635. The van der Waals surface area contributed by atoms with Crippen LogP contribution in [0.5, 0.6) is 0 Å². The third-order valence-electron chi connectivity index (χ3n) is 4.16. The number of hydrogen-bond acceptors (Lipinski definition) is 2. The maximum Gasteiger partial charge on any atom is 0.224 e. The van der Waals surface area contributed by atoms with Gasteiger partial charge in [0.1, 0.15) is 5.82 Å². The average Bonchev–Trinajstić information content (AvgIpc) is 3.27. The maximum absolute atomic E-state index is 13.9. The zero-order valence-corrected chi connectivity index (χ0v) is 15.3. The van der Waals surface area contributed by atoms with Crippen molar-refractivity contribution in [1.29, 1.82) is 0 Å². The van der Waals surface area contributed by atoms with E-state index in [0.717, 1.165) is 10.9 Å². The molecule has 0 aliphatic heterocycles. The highest BCUT2D eigenvalue weighted by atomic mass is 79.9. The molecule has 2 amide bonds. The molecule has 1 aromatic carbocycles. The summed E-state index contributed by atoms with van der Waals surface area (Å²) in [6.45, 7) is 6.48. The molecule has 24 heavy (non-hydrogen) atoms. The van der Waals surface area contributed by atoms with Gasteiger partial charge in [0, 0.05) is 42.0 Å². The van der Waals surface area contributed by atoms with Crippen LogP contribution in [0.15, 0.2) is 35.3 Å². The van der Waals surface area contributed by atoms with Gasteiger partial charge < -0.3 is 10.2 Å². The average molecular weight is 397 g/mol. The second-order valence-corrected chi connectivity index (χ2v) is 7.07. The van der Waals surface area contributed by atoms with Crippen molar-refractivity contribution in [2.45, 2.75) is 26.3 Å². The largest absolute Gasteiger partial charge is 0.355 e. The quantitative estimate of drug-likeness (QED) is 0.685. The first-order valence-electron chi connectivity index (χ1n) is 8.02. The van der Waals surface area contributed by atoms with E-state index in [-0.39, 0.29) is 36.5 Å². The highest BCUT2D eigenvalue weighted by molar-refractivity contribution is 9.10. The second kappa shape index (κ2) is 8.42. The SMILES string of the molecule is C=CCN(Cc1cc(Br)ccc1F)C(=O)CCNC(=O)C1CC1C. The van der Waals surface area contributed by atoms with E-state index in [0.29, 0.717) is 24.6 Å². The van der Waals surface area contributed by atoms with Gasteiger partial charge in [-0.1, -0.05) is 28.9 Å². The van der Waals surface area contributed by atoms with Crippen molar-refractivity contribution in [3.05, 3.63) is 46.7 Å². The van der Waals surface area contributed by atoms with Crippen LogP contribution < -0.4 is 5.32 Å². The summed E-state index contributed by atoms with van der Waals surface area (Å²) in [7, 11) is 0. The molecule has 1 saturated carbocycles. The van der Waals surface area contributed by atoms with E-state index >= 15 is 0 Å². The van der Waals surface area contributed by atoms with Crippen LogP contribution in [-0.4, -0.2) is 29.8 Å². The van der Waals surface area contributed by atoms with Crippen LogP contribution in [0, 0.1) is 17.7 Å². The van der Waals surface area contributed by atoms with Crippen molar-refractivity contribution >= 4 is 27.7 Å². The molecular formula is C18H22BrFN2O2. The van der Waals surface area contributed by atoms with Crippen LogP contribution in [0.2, 0.25) is 0 Å². The Balaban J connectivity index is 1.88. The monoisotopic (exact) mass is 396 g/mol. The summed E-state index contributed by atoms with van der Waals surface area (Å²) in [6.07, 6.45) is 2.72. The molecule has 2 rings (SSSR count). The molecule has 0 aromatic heterocycles. The summed E-state index contributed by atoms with van der Waals surface area (Å²) < 4.78 is 14.6. The summed E-state index contributed by atoms with van der Waals surface area (Å²) in [5, 5.41) is 2.79. The lowest BCUT2D eigenvalue weighted by atomic mass is 10.2. The molecule has 2 atom stereocenters. The van der Waals surface area contributed by atoms with Crippen molar-refractivity contribution in [2.75, 3.05) is 13.1 Å². The Labute approximate surface area is 150 Å². The van der Waals surface area contributed by atoms with Gasteiger partial charge in [0.2, 0.25) is 11.8 Å². The number of hydrogen-bond donors (Lipinski definition) is 1. The Hall–Kier alpha value is -1.69. The number of carbonyl (C=O) groups excluding carboxylic acids is 2. The Morgan fingerprint density at radius 2 is 2.21 bits per heavy atom. The van der Waals surface area contributed by atoms with E-state index in [4.69, 9.17) is 0 Å². The number of halogens is 2. The van der Waals surface area contributed by atoms with Crippen LogP contribution in [0.3, 0.4) is 0 Å². The molecule has 6 heteroatoms. The third-order valence-corrected chi connectivity index (χ3v) is 4.65. The first-order valence-corrected chi connectivity index (χ1v) is 8.82. The molecule has 0 heterocycles. The summed E-state index contributed by atoms with van der Waals surface area (Å²) in [5.41, 5.74) is 0.440. The summed E-state index contributed by atoms with van der Waals surface area (Å²) in [4.78, 5) is 25.6. The molecule has 0 radical (unpaired) electrons. The van der Waals surface area contributed by atoms with Gasteiger partial charge in [0.05, 0.1) is 0 Å². The fourth-order valence-corrected chi connectivity index (χ4v) is 2.96. The number of nitrogens with zero attached hydrogens (tertiary/aromatic N) is 1. The fourth-order valence-electron chi connectivity index (χ4n) is 2.55. The van der Waals surface area contributed by atoms with Crippen LogP contribution in [0.25, 0.3) is 0 Å². The summed E-state index contributed by atoms with van der Waals surface area (Å²) in [6, 6.07) is 4.65. The van der Waals surface area contributed by atoms with Crippen LogP contribution >= 0.6 is 15.9 Å². The lowest BCUT2D eigenvalue weighted by molar-refractivity contribution is -0.131. The van der Waals surface area contributed by atoms with E-state index in [9.17, 15) is 14.0 Å². The molecule has 0 saturated heterocycles. The first-order chi connectivity index (χ1) is 11.4. The highest BCUT2D eigenvalue weighted by Gasteiger charge is 2.38. The van der Waals surface area contributed by atoms with Gasteiger partial charge in [0.25, 0.3) is 0 Å². The number of nitrogens with one attached hydrogen (secondary N) is 1. The maximum atomic E-state index is 13.9. The normalized spacial score (nSPS) is 18.8. The smallest absolute Gasteiger partial charge is 0.224 e. The number of amides is 2. The van der Waals surface area contributed by atoms with Crippen molar-refractivity contribution in [3.8, 4) is 0 Å². The van der Waals surface area contributed by atoms with Gasteiger partial charge in [-0.15, -0.1) is 6.58 Å². The highest BCUT2D eigenvalue weighted by Crippen LogP contribution is 2.37. The van der Waals surface area contributed by atoms with Gasteiger partial charge >= 0.3 is 0 Å². The molecule has 1 aliphatic carbocycles. The Kier molecular flexibility index (Phi) is 6.54. The molecule has 130 valence electrons. The van der Waals surface area contributed by atoms with Crippen LogP contribution in [0.4, 0.5) is 4.39 Å². The van der Waals surface area contributed by atoms with Crippen LogP contribution in [-0.2, 0) is 16.1 Å². The zero-order chi connectivity index (χ0) is 17.7. The van der Waals surface area contributed by atoms with Gasteiger partial charge in [0.15, 0.2) is 0 Å². The third kappa shape index (κ3) is 5.16. The lowest BCUT2D eigenvalue weighted by Gasteiger charge is -2.22. The number of rotatable bonds is 8. The Morgan fingerprint density at radius 3 is 2.83 bits per heavy atom. The molecule has 4 nitrogen and oxygen atoms in total. The van der Waals surface area contributed by atoms with Gasteiger partial charge in [-0.25, -0.2) is 4.39 Å². The van der Waals surface area contributed by atoms with Gasteiger partial charge in [-0.05, 0) is 30.5 Å². The van der Waals surface area contributed by atoms with E-state index in [1.165, 1.54) is 11.0 Å². The topological polar surface area (TPSA) is 49.4 Å². The van der Waals surface area contributed by atoms with E-state index in [2.05, 4.69) is 27.8 Å². The number of carbonyl (C=O) groups is 2. The molecule has 1 fully saturated rings. The van der Waals surface area contributed by atoms with E-state index < -0.39 is 0 Å². The van der Waals surface area contributed by atoms with Gasteiger partial charge in [-0.3, -0.25) is 9.59 Å². The van der Waals surface area contributed by atoms with Crippen molar-refractivity contribution in [2.24, 2.45) is 11.8 Å². The second-order valence-electron chi connectivity index (χ2n) is 6.16. The van der Waals surface area contributed by atoms with Crippen molar-refractivity contribution in [1.82, 2.24) is 10.2 Å². The fraction of sp³-hybridized carbons (Fsp3) is 0.444. The minimum Gasteiger partial charge on any atom is -0.355 e. The lowest BCUT2D eigenvalue weighted by Crippen LogP contribution is -2.35. The Morgan fingerprint density at radius 1 is 1.50 bits per heavy atom. The molecule has 1 aromatic rings. The first kappa shape index (κ1) is 18.6. The summed E-state index contributed by atoms with van der Waals surface area (Å²) in [5.74, 6) is 0.0655. The minimum absolute atomic E-state index is 0.0172. The minimum atomic E-state index is -0.351. The van der Waals surface area contributed by atoms with Crippen molar-refractivity contribution in [3.63, 3.8) is 0 Å². The molecule has 1 N–H and O–H groups in total. The van der Waals surface area contributed by atoms with E-state index in [1.807, 2.05) is 6.92 Å². The van der Waals surface area contributed by atoms with Gasteiger partial charge in [-0.2, -0.15) is 0 Å². The summed E-state index contributed by atoms with van der Waals surface area (Å²) >= 11 is 3.31.